The van der Waals surface area contributed by atoms with Crippen molar-refractivity contribution in [2.75, 3.05) is 26.2 Å². The van der Waals surface area contributed by atoms with Crippen molar-refractivity contribution in [1.29, 1.82) is 0 Å². The minimum Gasteiger partial charge on any atom is -0.394 e. The first kappa shape index (κ1) is 20.1. The van der Waals surface area contributed by atoms with E-state index in [1.165, 1.54) is 0 Å². The molecular formula is C23H28N2O3. The van der Waals surface area contributed by atoms with Gasteiger partial charge in [0.15, 0.2) is 0 Å². The van der Waals surface area contributed by atoms with Crippen LogP contribution in [0.1, 0.15) is 43.0 Å². The van der Waals surface area contributed by atoms with E-state index in [9.17, 15) is 14.7 Å². The third-order valence-electron chi connectivity index (χ3n) is 5.47. The van der Waals surface area contributed by atoms with Gasteiger partial charge < -0.3 is 14.9 Å². The number of benzene rings is 2. The van der Waals surface area contributed by atoms with Gasteiger partial charge in [-0.25, -0.2) is 0 Å². The summed E-state index contributed by atoms with van der Waals surface area (Å²) in [5, 5.41) is 9.90. The summed E-state index contributed by atoms with van der Waals surface area (Å²) < 4.78 is 0. The largest absolute Gasteiger partial charge is 0.394 e. The van der Waals surface area contributed by atoms with E-state index in [0.29, 0.717) is 30.8 Å². The van der Waals surface area contributed by atoms with Crippen LogP contribution in [0.25, 0.3) is 0 Å². The van der Waals surface area contributed by atoms with Crippen molar-refractivity contribution >= 4 is 11.8 Å². The van der Waals surface area contributed by atoms with Crippen molar-refractivity contribution in [3.63, 3.8) is 0 Å². The van der Waals surface area contributed by atoms with Gasteiger partial charge in [-0.05, 0) is 51.0 Å². The molecule has 2 amide bonds. The number of nitrogens with zero attached hydrogens (tertiary/aromatic N) is 2. The van der Waals surface area contributed by atoms with E-state index in [2.05, 4.69) is 0 Å². The van der Waals surface area contributed by atoms with Crippen molar-refractivity contribution in [1.82, 2.24) is 9.80 Å². The van der Waals surface area contributed by atoms with Crippen LogP contribution in [-0.4, -0.2) is 59.0 Å². The Hall–Kier alpha value is -2.66. The molecule has 2 aromatic carbocycles. The Bertz CT molecular complexity index is 907. The second kappa shape index (κ2) is 8.15. The summed E-state index contributed by atoms with van der Waals surface area (Å²) in [5.74, 6) is -0.135. The second-order valence-corrected chi connectivity index (χ2v) is 7.72. The highest BCUT2D eigenvalue weighted by Gasteiger charge is 2.33. The van der Waals surface area contributed by atoms with E-state index in [-0.39, 0.29) is 18.4 Å². The summed E-state index contributed by atoms with van der Waals surface area (Å²) >= 11 is 0. The molecule has 0 spiro atoms. The zero-order chi connectivity index (χ0) is 20.4. The molecule has 0 saturated carbocycles. The molecule has 148 valence electrons. The Kier molecular flexibility index (Phi) is 5.84. The summed E-state index contributed by atoms with van der Waals surface area (Å²) in [5.41, 5.74) is 5.42. The SMILES string of the molecule is Cc1ccc(C(=O)N2CCN(C(=O)c3ccc(C)cc3C)C(CO)C2)c(C)c1. The van der Waals surface area contributed by atoms with E-state index in [1.807, 2.05) is 64.1 Å². The summed E-state index contributed by atoms with van der Waals surface area (Å²) in [7, 11) is 0. The maximum atomic E-state index is 13.1. The molecule has 5 heteroatoms. The highest BCUT2D eigenvalue weighted by molar-refractivity contribution is 5.97. The fraction of sp³-hybridized carbons (Fsp3) is 0.391. The highest BCUT2D eigenvalue weighted by atomic mass is 16.3. The lowest BCUT2D eigenvalue weighted by Gasteiger charge is -2.41. The molecule has 1 heterocycles. The smallest absolute Gasteiger partial charge is 0.254 e. The van der Waals surface area contributed by atoms with Crippen LogP contribution >= 0.6 is 0 Å². The van der Waals surface area contributed by atoms with E-state index in [1.54, 1.807) is 9.80 Å². The molecule has 0 aromatic heterocycles. The molecule has 1 aliphatic heterocycles. The standard InChI is InChI=1S/C23H28N2O3/c1-15-5-7-20(17(3)11-15)22(27)24-9-10-25(19(13-24)14-26)23(28)21-8-6-16(2)12-18(21)4/h5-8,11-12,19,26H,9-10,13-14H2,1-4H3. The molecule has 1 unspecified atom stereocenters. The topological polar surface area (TPSA) is 60.9 Å². The molecule has 1 N–H and O–H groups in total. The van der Waals surface area contributed by atoms with E-state index in [0.717, 1.165) is 22.3 Å². The number of hydrogen-bond donors (Lipinski definition) is 1. The number of aliphatic hydroxyl groups is 1. The van der Waals surface area contributed by atoms with Crippen molar-refractivity contribution < 1.29 is 14.7 Å². The molecule has 2 aromatic rings. The molecule has 0 radical (unpaired) electrons. The lowest BCUT2D eigenvalue weighted by Crippen LogP contribution is -2.58. The summed E-state index contributed by atoms with van der Waals surface area (Å²) in [6.07, 6.45) is 0. The average molecular weight is 380 g/mol. The first-order valence-corrected chi connectivity index (χ1v) is 9.67. The molecular weight excluding hydrogens is 352 g/mol. The first-order valence-electron chi connectivity index (χ1n) is 9.67. The molecule has 3 rings (SSSR count). The minimum atomic E-state index is -0.406. The molecule has 28 heavy (non-hydrogen) atoms. The van der Waals surface area contributed by atoms with Gasteiger partial charge in [-0.2, -0.15) is 0 Å². The number of aliphatic hydroxyl groups excluding tert-OH is 1. The summed E-state index contributed by atoms with van der Waals surface area (Å²) in [6.45, 7) is 8.88. The maximum Gasteiger partial charge on any atom is 0.254 e. The zero-order valence-electron chi connectivity index (χ0n) is 17.0. The van der Waals surface area contributed by atoms with E-state index >= 15 is 0 Å². The lowest BCUT2D eigenvalue weighted by molar-refractivity contribution is 0.0267. The quantitative estimate of drug-likeness (QED) is 0.891. The summed E-state index contributed by atoms with van der Waals surface area (Å²) in [6, 6.07) is 11.1. The predicted octanol–water partition coefficient (Wildman–Crippen LogP) is 2.88. The van der Waals surface area contributed by atoms with Crippen LogP contribution in [-0.2, 0) is 0 Å². The minimum absolute atomic E-state index is 0.0467. The highest BCUT2D eigenvalue weighted by Crippen LogP contribution is 2.20. The van der Waals surface area contributed by atoms with Crippen LogP contribution in [0.3, 0.4) is 0 Å². The molecule has 5 nitrogen and oxygen atoms in total. The van der Waals surface area contributed by atoms with E-state index < -0.39 is 6.04 Å². The van der Waals surface area contributed by atoms with Gasteiger partial charge in [0.25, 0.3) is 11.8 Å². The fourth-order valence-electron chi connectivity index (χ4n) is 3.90. The van der Waals surface area contributed by atoms with Gasteiger partial charge in [-0.3, -0.25) is 9.59 Å². The zero-order valence-corrected chi connectivity index (χ0v) is 17.0. The Morgan fingerprint density at radius 2 is 1.43 bits per heavy atom. The van der Waals surface area contributed by atoms with Crippen LogP contribution in [0.15, 0.2) is 36.4 Å². The Morgan fingerprint density at radius 1 is 0.893 bits per heavy atom. The lowest BCUT2D eigenvalue weighted by atomic mass is 10.0. The van der Waals surface area contributed by atoms with Crippen molar-refractivity contribution in [2.24, 2.45) is 0 Å². The Balaban J connectivity index is 1.78. The maximum absolute atomic E-state index is 13.1. The second-order valence-electron chi connectivity index (χ2n) is 7.72. The Labute approximate surface area is 166 Å². The third kappa shape index (κ3) is 3.94. The van der Waals surface area contributed by atoms with Crippen molar-refractivity contribution in [3.8, 4) is 0 Å². The number of amides is 2. The molecule has 1 fully saturated rings. The first-order chi connectivity index (χ1) is 13.3. The van der Waals surface area contributed by atoms with Crippen molar-refractivity contribution in [3.05, 3.63) is 69.8 Å². The molecule has 1 atom stereocenters. The van der Waals surface area contributed by atoms with Gasteiger partial charge in [0.05, 0.1) is 12.6 Å². The number of carbonyl (C=O) groups is 2. The van der Waals surface area contributed by atoms with Crippen LogP contribution < -0.4 is 0 Å². The summed E-state index contributed by atoms with van der Waals surface area (Å²) in [4.78, 5) is 29.5. The number of hydrogen-bond acceptors (Lipinski definition) is 3. The Morgan fingerprint density at radius 3 is 1.93 bits per heavy atom. The van der Waals surface area contributed by atoms with Crippen LogP contribution in [0, 0.1) is 27.7 Å². The van der Waals surface area contributed by atoms with Crippen LogP contribution in [0.2, 0.25) is 0 Å². The molecule has 1 aliphatic rings. The molecule has 1 saturated heterocycles. The van der Waals surface area contributed by atoms with Gasteiger partial charge >= 0.3 is 0 Å². The molecule has 0 aliphatic carbocycles. The number of rotatable bonds is 3. The van der Waals surface area contributed by atoms with Gasteiger partial charge in [0.2, 0.25) is 0 Å². The number of carbonyl (C=O) groups excluding carboxylic acids is 2. The van der Waals surface area contributed by atoms with Gasteiger partial charge in [0.1, 0.15) is 0 Å². The van der Waals surface area contributed by atoms with Crippen LogP contribution in [0.5, 0.6) is 0 Å². The average Bonchev–Trinajstić information content (AvgIpc) is 2.66. The van der Waals surface area contributed by atoms with Crippen molar-refractivity contribution in [2.45, 2.75) is 33.7 Å². The van der Waals surface area contributed by atoms with Gasteiger partial charge in [0, 0.05) is 30.8 Å². The van der Waals surface area contributed by atoms with Gasteiger partial charge in [-0.1, -0.05) is 35.4 Å². The third-order valence-corrected chi connectivity index (χ3v) is 5.47. The predicted molar refractivity (Wildman–Crippen MR) is 110 cm³/mol. The molecule has 0 bridgehead atoms. The number of aryl methyl sites for hydroxylation is 4. The fourth-order valence-corrected chi connectivity index (χ4v) is 3.90. The normalized spacial score (nSPS) is 17.0. The van der Waals surface area contributed by atoms with Crippen LogP contribution in [0.4, 0.5) is 0 Å². The number of piperazine rings is 1. The monoisotopic (exact) mass is 380 g/mol. The van der Waals surface area contributed by atoms with Gasteiger partial charge in [-0.15, -0.1) is 0 Å². The van der Waals surface area contributed by atoms with E-state index in [4.69, 9.17) is 0 Å².